The SMILES string of the molecule is CCN1C(=O)C(=Cc2ccccc2)SC1=Nc1ccccc1. The van der Waals surface area contributed by atoms with Gasteiger partial charge >= 0.3 is 0 Å². The van der Waals surface area contributed by atoms with Crippen molar-refractivity contribution in [2.45, 2.75) is 6.92 Å². The lowest BCUT2D eigenvalue weighted by Crippen LogP contribution is -2.28. The maximum Gasteiger partial charge on any atom is 0.266 e. The number of benzene rings is 2. The van der Waals surface area contributed by atoms with Gasteiger partial charge in [-0.25, -0.2) is 4.99 Å². The van der Waals surface area contributed by atoms with Crippen molar-refractivity contribution in [3.8, 4) is 0 Å². The predicted molar refractivity (Wildman–Crippen MR) is 92.9 cm³/mol. The fourth-order valence-electron chi connectivity index (χ4n) is 2.18. The summed E-state index contributed by atoms with van der Waals surface area (Å²) in [6, 6.07) is 19.6. The number of thioether (sulfide) groups is 1. The number of aliphatic imine (C=N–C) groups is 1. The molecule has 22 heavy (non-hydrogen) atoms. The molecule has 3 rings (SSSR count). The highest BCUT2D eigenvalue weighted by Crippen LogP contribution is 2.33. The van der Waals surface area contributed by atoms with E-state index in [-0.39, 0.29) is 5.91 Å². The monoisotopic (exact) mass is 308 g/mol. The molecular weight excluding hydrogens is 292 g/mol. The second kappa shape index (κ2) is 6.62. The van der Waals surface area contributed by atoms with Gasteiger partial charge in [-0.2, -0.15) is 0 Å². The molecule has 0 saturated carbocycles. The zero-order chi connectivity index (χ0) is 15.4. The number of amidine groups is 1. The van der Waals surface area contributed by atoms with Crippen molar-refractivity contribution in [3.63, 3.8) is 0 Å². The summed E-state index contributed by atoms with van der Waals surface area (Å²) in [5, 5.41) is 0.737. The van der Waals surface area contributed by atoms with Crippen LogP contribution in [0, 0.1) is 0 Å². The molecule has 1 fully saturated rings. The topological polar surface area (TPSA) is 32.7 Å². The first-order chi connectivity index (χ1) is 10.8. The number of nitrogens with zero attached hydrogens (tertiary/aromatic N) is 2. The van der Waals surface area contributed by atoms with Gasteiger partial charge in [-0.15, -0.1) is 0 Å². The van der Waals surface area contributed by atoms with Gasteiger partial charge in [-0.1, -0.05) is 48.5 Å². The number of amides is 1. The maximum absolute atomic E-state index is 12.5. The van der Waals surface area contributed by atoms with Crippen LogP contribution < -0.4 is 0 Å². The highest BCUT2D eigenvalue weighted by Gasteiger charge is 2.32. The molecule has 1 saturated heterocycles. The maximum atomic E-state index is 12.5. The van der Waals surface area contributed by atoms with Crippen molar-refractivity contribution in [1.29, 1.82) is 0 Å². The Morgan fingerprint density at radius 2 is 1.68 bits per heavy atom. The van der Waals surface area contributed by atoms with Crippen molar-refractivity contribution >= 4 is 34.6 Å². The van der Waals surface area contributed by atoms with Crippen LogP contribution in [0.4, 0.5) is 5.69 Å². The molecule has 1 aliphatic rings. The number of carbonyl (C=O) groups is 1. The summed E-state index contributed by atoms with van der Waals surface area (Å²) in [7, 11) is 0. The van der Waals surface area contributed by atoms with E-state index >= 15 is 0 Å². The number of hydrogen-bond acceptors (Lipinski definition) is 3. The van der Waals surface area contributed by atoms with Crippen molar-refractivity contribution in [2.24, 2.45) is 4.99 Å². The molecule has 0 radical (unpaired) electrons. The summed E-state index contributed by atoms with van der Waals surface area (Å²) in [6.45, 7) is 2.58. The number of carbonyl (C=O) groups excluding carboxylic acids is 1. The molecule has 3 nitrogen and oxygen atoms in total. The lowest BCUT2D eigenvalue weighted by Gasteiger charge is -2.11. The average molecular weight is 308 g/mol. The van der Waals surface area contributed by atoms with Gasteiger partial charge in [0.05, 0.1) is 10.6 Å². The molecule has 0 aromatic heterocycles. The average Bonchev–Trinajstić information content (AvgIpc) is 2.84. The first-order valence-corrected chi connectivity index (χ1v) is 8.00. The number of hydrogen-bond donors (Lipinski definition) is 0. The number of likely N-dealkylation sites (N-methyl/N-ethyl adjacent to an activating group) is 1. The Balaban J connectivity index is 1.92. The van der Waals surface area contributed by atoms with E-state index in [4.69, 9.17) is 0 Å². The minimum absolute atomic E-state index is 0.0195. The van der Waals surface area contributed by atoms with Crippen LogP contribution in [0.3, 0.4) is 0 Å². The van der Waals surface area contributed by atoms with Gasteiger partial charge in [0, 0.05) is 6.54 Å². The lowest BCUT2D eigenvalue weighted by atomic mass is 10.2. The third-order valence-corrected chi connectivity index (χ3v) is 4.29. The van der Waals surface area contributed by atoms with E-state index in [0.29, 0.717) is 11.4 Å². The summed E-state index contributed by atoms with van der Waals surface area (Å²) < 4.78 is 0. The first-order valence-electron chi connectivity index (χ1n) is 7.18. The van der Waals surface area contributed by atoms with E-state index in [1.165, 1.54) is 11.8 Å². The number of rotatable bonds is 3. The van der Waals surface area contributed by atoms with Crippen molar-refractivity contribution in [1.82, 2.24) is 4.90 Å². The summed E-state index contributed by atoms with van der Waals surface area (Å²) >= 11 is 1.43. The minimum atomic E-state index is 0.0195. The summed E-state index contributed by atoms with van der Waals surface area (Å²) in [5.41, 5.74) is 1.88. The van der Waals surface area contributed by atoms with Gasteiger partial charge < -0.3 is 0 Å². The van der Waals surface area contributed by atoms with Crippen molar-refractivity contribution < 1.29 is 4.79 Å². The zero-order valence-electron chi connectivity index (χ0n) is 12.3. The highest BCUT2D eigenvalue weighted by molar-refractivity contribution is 8.18. The normalized spacial score (nSPS) is 18.4. The van der Waals surface area contributed by atoms with Crippen LogP contribution in [0.1, 0.15) is 12.5 Å². The van der Waals surface area contributed by atoms with E-state index in [1.807, 2.05) is 73.7 Å². The predicted octanol–water partition coefficient (Wildman–Crippen LogP) is 4.31. The van der Waals surface area contributed by atoms with E-state index in [1.54, 1.807) is 4.90 Å². The van der Waals surface area contributed by atoms with Crippen LogP contribution in [0.2, 0.25) is 0 Å². The van der Waals surface area contributed by atoms with E-state index in [9.17, 15) is 4.79 Å². The molecule has 0 N–H and O–H groups in total. The Labute approximate surface area is 134 Å². The first kappa shape index (κ1) is 14.6. The molecule has 4 heteroatoms. The van der Waals surface area contributed by atoms with Crippen molar-refractivity contribution in [3.05, 3.63) is 71.1 Å². The number of para-hydroxylation sites is 1. The summed E-state index contributed by atoms with van der Waals surface area (Å²) in [6.07, 6.45) is 1.92. The Kier molecular flexibility index (Phi) is 4.39. The summed E-state index contributed by atoms with van der Waals surface area (Å²) in [5.74, 6) is 0.0195. The molecule has 0 spiro atoms. The third-order valence-electron chi connectivity index (χ3n) is 3.28. The van der Waals surface area contributed by atoms with E-state index in [0.717, 1.165) is 16.4 Å². The second-order valence-corrected chi connectivity index (χ2v) is 5.81. The van der Waals surface area contributed by atoms with Crippen molar-refractivity contribution in [2.75, 3.05) is 6.54 Å². The molecule has 0 aliphatic carbocycles. The van der Waals surface area contributed by atoms with Crippen LogP contribution in [0.25, 0.3) is 6.08 Å². The molecule has 0 bridgehead atoms. The van der Waals surface area contributed by atoms with Gasteiger partial charge in [0.15, 0.2) is 5.17 Å². The smallest absolute Gasteiger partial charge is 0.266 e. The Morgan fingerprint density at radius 3 is 2.32 bits per heavy atom. The molecule has 110 valence electrons. The van der Waals surface area contributed by atoms with Gasteiger partial charge in [0.25, 0.3) is 5.91 Å². The largest absolute Gasteiger partial charge is 0.287 e. The Hall–Kier alpha value is -2.33. The molecule has 2 aromatic rings. The summed E-state index contributed by atoms with van der Waals surface area (Å²) in [4.78, 5) is 19.5. The van der Waals surface area contributed by atoms with E-state index in [2.05, 4.69) is 4.99 Å². The van der Waals surface area contributed by atoms with Crippen LogP contribution in [-0.2, 0) is 4.79 Å². The fraction of sp³-hybridized carbons (Fsp3) is 0.111. The van der Waals surface area contributed by atoms with Crippen LogP contribution in [0.5, 0.6) is 0 Å². The highest BCUT2D eigenvalue weighted by atomic mass is 32.2. The Bertz CT molecular complexity index is 723. The Morgan fingerprint density at radius 1 is 1.05 bits per heavy atom. The van der Waals surface area contributed by atoms with Gasteiger partial charge in [0.1, 0.15) is 0 Å². The third kappa shape index (κ3) is 3.12. The lowest BCUT2D eigenvalue weighted by molar-refractivity contribution is -0.122. The molecule has 1 heterocycles. The quantitative estimate of drug-likeness (QED) is 0.791. The second-order valence-electron chi connectivity index (χ2n) is 4.80. The van der Waals surface area contributed by atoms with Gasteiger partial charge in [0.2, 0.25) is 0 Å². The molecule has 1 amide bonds. The van der Waals surface area contributed by atoms with Gasteiger partial charge in [-0.3, -0.25) is 9.69 Å². The molecule has 1 aliphatic heterocycles. The van der Waals surface area contributed by atoms with Crippen LogP contribution in [-0.4, -0.2) is 22.5 Å². The molecule has 0 unspecified atom stereocenters. The fourth-order valence-corrected chi connectivity index (χ4v) is 3.25. The van der Waals surface area contributed by atoms with Crippen LogP contribution in [0.15, 0.2) is 70.6 Å². The molecule has 2 aromatic carbocycles. The van der Waals surface area contributed by atoms with Crippen LogP contribution >= 0.6 is 11.8 Å². The minimum Gasteiger partial charge on any atom is -0.287 e. The zero-order valence-corrected chi connectivity index (χ0v) is 13.1. The standard InChI is InChI=1S/C18H16N2OS/c1-2-20-17(21)16(13-14-9-5-3-6-10-14)22-18(20)19-15-11-7-4-8-12-15/h3-13H,2H2,1H3. The van der Waals surface area contributed by atoms with E-state index < -0.39 is 0 Å². The molecular formula is C18H16N2OS. The molecule has 0 atom stereocenters. The van der Waals surface area contributed by atoms with Gasteiger partial charge in [-0.05, 0) is 42.5 Å².